The van der Waals surface area contributed by atoms with E-state index in [0.29, 0.717) is 43.3 Å². The van der Waals surface area contributed by atoms with E-state index in [2.05, 4.69) is 39.8 Å². The van der Waals surface area contributed by atoms with Crippen molar-refractivity contribution in [3.63, 3.8) is 0 Å². The van der Waals surface area contributed by atoms with Crippen molar-refractivity contribution in [3.8, 4) is 0 Å². The predicted molar refractivity (Wildman–Crippen MR) is 223 cm³/mol. The quantitative estimate of drug-likeness (QED) is 0.231. The number of hydrogen-bond donors (Lipinski definition) is 3. The van der Waals surface area contributed by atoms with Crippen LogP contribution in [-0.4, -0.2) is 139 Å². The molecule has 3 N–H and O–H groups in total. The van der Waals surface area contributed by atoms with Crippen LogP contribution in [0.25, 0.3) is 0 Å². The molecule has 0 unspecified atom stereocenters. The minimum absolute atomic E-state index is 0.0313. The molecular formula is C47H70O14. The van der Waals surface area contributed by atoms with Gasteiger partial charge in [0.25, 0.3) is 0 Å². The molecule has 14 nitrogen and oxygen atoms in total. The molecule has 2 bridgehead atoms. The second-order valence-electron chi connectivity index (χ2n) is 18.8. The summed E-state index contributed by atoms with van der Waals surface area (Å²) in [5.74, 6) is -2.62. The third kappa shape index (κ3) is 9.58. The minimum atomic E-state index is -1.83. The van der Waals surface area contributed by atoms with Gasteiger partial charge in [0.15, 0.2) is 18.4 Å². The first-order chi connectivity index (χ1) is 29.0. The van der Waals surface area contributed by atoms with E-state index < -0.39 is 90.8 Å². The van der Waals surface area contributed by atoms with Gasteiger partial charge in [0.05, 0.1) is 49.3 Å². The molecule has 14 heteroatoms. The lowest BCUT2D eigenvalue weighted by molar-refractivity contribution is -0.318. The molecule has 7 rings (SSSR count). The normalized spacial score (nSPS) is 49.3. The summed E-state index contributed by atoms with van der Waals surface area (Å²) >= 11 is 0. The molecule has 1 aliphatic carbocycles. The average Bonchev–Trinajstić information content (AvgIpc) is 3.56. The van der Waals surface area contributed by atoms with Gasteiger partial charge in [-0.25, -0.2) is 0 Å². The SMILES string of the molecule is CO[C@H]1C[C@H](O[C@H]2[C@H](C)O[C@@H](O[C@@H]3/C(C)=C\C[C@@H]4C[C@@H](C[C@]5(C=C[C@H](C)[C@@H](C(C)C)O5)O4)OC(=O)[C@@H]4C=C(C)[C@@H](O)[C@H]5OC/C(=C\C=C\[C@@H]3C)[C@]54O)C[C@@H]2OC)O[C@@H](C)[C@@H]1O. The molecule has 0 saturated carbocycles. The molecule has 0 radical (unpaired) electrons. The zero-order chi connectivity index (χ0) is 44.0. The maximum absolute atomic E-state index is 14.3. The van der Waals surface area contributed by atoms with Crippen molar-refractivity contribution in [3.05, 3.63) is 59.3 Å². The smallest absolute Gasteiger partial charge is 0.316 e. The molecule has 0 aromatic heterocycles. The first-order valence-electron chi connectivity index (χ1n) is 22.3. The fourth-order valence-corrected chi connectivity index (χ4v) is 10.4. The Morgan fingerprint density at radius 2 is 1.56 bits per heavy atom. The van der Waals surface area contributed by atoms with Crippen LogP contribution in [0.15, 0.2) is 59.3 Å². The lowest BCUT2D eigenvalue weighted by Crippen LogP contribution is -2.58. The minimum Gasteiger partial charge on any atom is -0.462 e. The molecule has 61 heavy (non-hydrogen) atoms. The van der Waals surface area contributed by atoms with Gasteiger partial charge in [-0.2, -0.15) is 0 Å². The third-order valence-corrected chi connectivity index (χ3v) is 14.0. The van der Waals surface area contributed by atoms with Gasteiger partial charge >= 0.3 is 5.97 Å². The highest BCUT2D eigenvalue weighted by molar-refractivity contribution is 5.78. The standard InChI is InChI=1S/C47H70O14/c1-24(2)41-27(5)16-17-46(61-41)22-33-19-32(60-46)15-14-26(4)42(25(3)12-11-13-31-23-54-44-39(48)28(6)18-34(45(50)57-33)47(31,44)51)58-38-21-36(53-10)43(30(8)56-38)59-37-20-35(52-9)40(49)29(7)55-37/h11-14,16-18,24-25,27,29-30,32-44,48-49,51H,15,19-23H2,1-10H3/b12-11+,26-14-,31-13+/t25-,27-,29-,30-,32+,33-,34-,35-,36-,37-,38-,39+,40-,41+,42-,43-,44+,46+,47+/m0/s1. The highest BCUT2D eigenvalue weighted by Gasteiger charge is 2.60. The number of carbonyl (C=O) groups is 1. The highest BCUT2D eigenvalue weighted by atomic mass is 16.7. The molecule has 6 aliphatic heterocycles. The highest BCUT2D eigenvalue weighted by Crippen LogP contribution is 2.47. The van der Waals surface area contributed by atoms with Gasteiger partial charge in [-0.1, -0.05) is 64.2 Å². The van der Waals surface area contributed by atoms with Crippen LogP contribution in [0.1, 0.15) is 87.5 Å². The summed E-state index contributed by atoms with van der Waals surface area (Å²) in [6, 6.07) is 0. The Bertz CT molecular complexity index is 1710. The largest absolute Gasteiger partial charge is 0.462 e. The summed E-state index contributed by atoms with van der Waals surface area (Å²) in [5, 5.41) is 34.2. The second-order valence-corrected chi connectivity index (χ2v) is 18.8. The molecular weight excluding hydrogens is 789 g/mol. The fourth-order valence-electron chi connectivity index (χ4n) is 10.4. The monoisotopic (exact) mass is 858 g/mol. The molecule has 0 amide bonds. The number of aliphatic hydroxyl groups excluding tert-OH is 2. The number of hydrogen-bond acceptors (Lipinski definition) is 14. The first-order valence-corrected chi connectivity index (χ1v) is 22.3. The van der Waals surface area contributed by atoms with Gasteiger partial charge in [-0.15, -0.1) is 0 Å². The van der Waals surface area contributed by atoms with E-state index in [1.807, 2.05) is 32.1 Å². The van der Waals surface area contributed by atoms with Crippen LogP contribution in [0.2, 0.25) is 0 Å². The van der Waals surface area contributed by atoms with Crippen molar-refractivity contribution in [2.24, 2.45) is 23.7 Å². The number of methoxy groups -OCH3 is 2. The Morgan fingerprint density at radius 3 is 2.28 bits per heavy atom. The van der Waals surface area contributed by atoms with Gasteiger partial charge in [0.1, 0.15) is 42.0 Å². The molecule has 342 valence electrons. The van der Waals surface area contributed by atoms with E-state index in [1.54, 1.807) is 40.2 Å². The van der Waals surface area contributed by atoms with Crippen LogP contribution in [0.3, 0.4) is 0 Å². The Balaban J connectivity index is 1.18. The van der Waals surface area contributed by atoms with Crippen LogP contribution in [0.5, 0.6) is 0 Å². The van der Waals surface area contributed by atoms with Crippen molar-refractivity contribution in [1.29, 1.82) is 0 Å². The van der Waals surface area contributed by atoms with Gasteiger partial charge in [0.2, 0.25) is 0 Å². The molecule has 0 aromatic carbocycles. The Hall–Kier alpha value is -2.31. The zero-order valence-corrected chi connectivity index (χ0v) is 37.5. The number of aliphatic hydroxyl groups is 3. The van der Waals surface area contributed by atoms with Crippen molar-refractivity contribution in [2.75, 3.05) is 20.8 Å². The summed E-state index contributed by atoms with van der Waals surface area (Å²) in [7, 11) is 3.22. The molecule has 4 fully saturated rings. The van der Waals surface area contributed by atoms with Crippen LogP contribution < -0.4 is 0 Å². The summed E-state index contributed by atoms with van der Waals surface area (Å²) in [6.45, 7) is 16.0. The first kappa shape index (κ1) is 46.7. The van der Waals surface area contributed by atoms with E-state index >= 15 is 0 Å². The lowest BCUT2D eigenvalue weighted by atomic mass is 9.71. The topological polar surface area (TPSA) is 170 Å². The van der Waals surface area contributed by atoms with Crippen molar-refractivity contribution < 1.29 is 67.5 Å². The molecule has 7 aliphatic rings. The molecule has 1 spiro atoms. The van der Waals surface area contributed by atoms with Crippen LogP contribution in [0, 0.1) is 23.7 Å². The van der Waals surface area contributed by atoms with Gasteiger partial charge in [-0.3, -0.25) is 4.79 Å². The Morgan fingerprint density at radius 1 is 0.852 bits per heavy atom. The predicted octanol–water partition coefficient (Wildman–Crippen LogP) is 4.99. The van der Waals surface area contributed by atoms with Crippen molar-refractivity contribution >= 4 is 5.97 Å². The van der Waals surface area contributed by atoms with E-state index in [9.17, 15) is 20.1 Å². The maximum atomic E-state index is 14.3. The average molecular weight is 859 g/mol. The molecule has 6 heterocycles. The third-order valence-electron chi connectivity index (χ3n) is 14.0. The maximum Gasteiger partial charge on any atom is 0.316 e. The van der Waals surface area contributed by atoms with Crippen LogP contribution in [-0.2, 0) is 52.2 Å². The second kappa shape index (κ2) is 19.0. The number of carbonyl (C=O) groups excluding carboxylic acids is 1. The van der Waals surface area contributed by atoms with Crippen LogP contribution >= 0.6 is 0 Å². The Labute approximate surface area is 361 Å². The number of allylic oxidation sites excluding steroid dienone is 2. The van der Waals surface area contributed by atoms with E-state index in [1.165, 1.54) is 0 Å². The van der Waals surface area contributed by atoms with Crippen molar-refractivity contribution in [1.82, 2.24) is 0 Å². The lowest BCUT2D eigenvalue weighted by Gasteiger charge is -2.48. The zero-order valence-electron chi connectivity index (χ0n) is 37.5. The Kier molecular flexibility index (Phi) is 14.6. The summed E-state index contributed by atoms with van der Waals surface area (Å²) < 4.78 is 63.5. The summed E-state index contributed by atoms with van der Waals surface area (Å²) in [6.07, 6.45) is 7.54. The van der Waals surface area contributed by atoms with E-state index in [-0.39, 0.29) is 42.7 Å². The van der Waals surface area contributed by atoms with Gasteiger partial charge in [-0.05, 0) is 62.8 Å². The summed E-state index contributed by atoms with van der Waals surface area (Å²) in [5.41, 5.74) is 0.129. The number of rotatable bonds is 7. The molecule has 0 aromatic rings. The fraction of sp³-hybridized carbons (Fsp3) is 0.766. The number of esters is 1. The van der Waals surface area contributed by atoms with Crippen LogP contribution in [0.4, 0.5) is 0 Å². The van der Waals surface area contributed by atoms with Gasteiger partial charge < -0.3 is 62.7 Å². The molecule has 4 saturated heterocycles. The van der Waals surface area contributed by atoms with E-state index in [0.717, 1.165) is 5.57 Å². The summed E-state index contributed by atoms with van der Waals surface area (Å²) in [4.78, 5) is 14.3. The van der Waals surface area contributed by atoms with Gasteiger partial charge in [0, 0.05) is 51.7 Å². The molecule has 19 atom stereocenters. The van der Waals surface area contributed by atoms with Crippen molar-refractivity contribution in [2.45, 2.75) is 185 Å². The number of fused-ring (bicyclic) bond motifs is 2. The number of ether oxygens (including phenoxy) is 10. The van der Waals surface area contributed by atoms with E-state index in [4.69, 9.17) is 47.4 Å².